The summed E-state index contributed by atoms with van der Waals surface area (Å²) in [5.41, 5.74) is 2.01. The summed E-state index contributed by atoms with van der Waals surface area (Å²) in [5.74, 6) is -1.23. The third kappa shape index (κ3) is 4.07. The number of amides is 1. The standard InChI is InChI=1S/C17H24N2O3/c1-3-13-6-8-15(9-7-13)18-16(20)12(2)19-10-4-5-14(11-19)17(21)22/h6-9,12,14H,3-5,10-11H2,1-2H3,(H,18,20)(H,21,22). The Morgan fingerprint density at radius 1 is 1.36 bits per heavy atom. The quantitative estimate of drug-likeness (QED) is 0.876. The summed E-state index contributed by atoms with van der Waals surface area (Å²) in [6.07, 6.45) is 2.48. The van der Waals surface area contributed by atoms with Crippen LogP contribution in [-0.4, -0.2) is 41.0 Å². The van der Waals surface area contributed by atoms with Gasteiger partial charge in [0.15, 0.2) is 0 Å². The van der Waals surface area contributed by atoms with Crippen LogP contribution in [0.2, 0.25) is 0 Å². The number of carbonyl (C=O) groups is 2. The van der Waals surface area contributed by atoms with Crippen LogP contribution >= 0.6 is 0 Å². The molecule has 120 valence electrons. The SMILES string of the molecule is CCc1ccc(NC(=O)C(C)N2CCCC(C(=O)O)C2)cc1. The first-order valence-electron chi connectivity index (χ1n) is 7.88. The van der Waals surface area contributed by atoms with Crippen LogP contribution in [0.25, 0.3) is 0 Å². The summed E-state index contributed by atoms with van der Waals surface area (Å²) in [5, 5.41) is 12.0. The molecule has 2 N–H and O–H groups in total. The van der Waals surface area contributed by atoms with Crippen LogP contribution in [0.3, 0.4) is 0 Å². The summed E-state index contributed by atoms with van der Waals surface area (Å²) in [4.78, 5) is 25.4. The second kappa shape index (κ2) is 7.40. The average molecular weight is 304 g/mol. The van der Waals surface area contributed by atoms with Gasteiger partial charge in [0, 0.05) is 12.2 Å². The number of rotatable bonds is 5. The number of hydrogen-bond acceptors (Lipinski definition) is 3. The highest BCUT2D eigenvalue weighted by molar-refractivity contribution is 5.94. The lowest BCUT2D eigenvalue weighted by atomic mass is 9.97. The highest BCUT2D eigenvalue weighted by Crippen LogP contribution is 2.19. The van der Waals surface area contributed by atoms with E-state index in [9.17, 15) is 9.59 Å². The highest BCUT2D eigenvalue weighted by Gasteiger charge is 2.30. The maximum absolute atomic E-state index is 12.3. The van der Waals surface area contributed by atoms with Crippen molar-refractivity contribution in [2.75, 3.05) is 18.4 Å². The Bertz CT molecular complexity index is 527. The summed E-state index contributed by atoms with van der Waals surface area (Å²) >= 11 is 0. The van der Waals surface area contributed by atoms with E-state index in [1.807, 2.05) is 36.1 Å². The van der Waals surface area contributed by atoms with Gasteiger partial charge in [-0.05, 0) is 50.4 Å². The lowest BCUT2D eigenvalue weighted by Gasteiger charge is -2.34. The molecule has 5 nitrogen and oxygen atoms in total. The van der Waals surface area contributed by atoms with Gasteiger partial charge in [-0.2, -0.15) is 0 Å². The molecule has 0 radical (unpaired) electrons. The number of nitrogens with zero attached hydrogens (tertiary/aromatic N) is 1. The molecule has 1 aromatic rings. The van der Waals surface area contributed by atoms with Gasteiger partial charge in [-0.1, -0.05) is 19.1 Å². The van der Waals surface area contributed by atoms with Crippen molar-refractivity contribution in [2.24, 2.45) is 5.92 Å². The zero-order valence-corrected chi connectivity index (χ0v) is 13.2. The number of hydrogen-bond donors (Lipinski definition) is 2. The molecule has 0 bridgehead atoms. The molecule has 0 saturated carbocycles. The Balaban J connectivity index is 1.94. The molecular formula is C17H24N2O3. The number of nitrogens with one attached hydrogen (secondary N) is 1. The van der Waals surface area contributed by atoms with Crippen LogP contribution in [0, 0.1) is 5.92 Å². The minimum absolute atomic E-state index is 0.0877. The van der Waals surface area contributed by atoms with Gasteiger partial charge in [0.25, 0.3) is 0 Å². The van der Waals surface area contributed by atoms with E-state index >= 15 is 0 Å². The van der Waals surface area contributed by atoms with Crippen molar-refractivity contribution in [3.8, 4) is 0 Å². The number of aliphatic carboxylic acids is 1. The highest BCUT2D eigenvalue weighted by atomic mass is 16.4. The number of likely N-dealkylation sites (tertiary alicyclic amines) is 1. The maximum Gasteiger partial charge on any atom is 0.307 e. The van der Waals surface area contributed by atoms with Gasteiger partial charge in [-0.3, -0.25) is 14.5 Å². The second-order valence-corrected chi connectivity index (χ2v) is 5.89. The molecule has 0 spiro atoms. The summed E-state index contributed by atoms with van der Waals surface area (Å²) in [6, 6.07) is 7.48. The molecule has 2 rings (SSSR count). The molecule has 0 aromatic heterocycles. The molecule has 1 saturated heterocycles. The third-order valence-corrected chi connectivity index (χ3v) is 4.36. The fourth-order valence-corrected chi connectivity index (χ4v) is 2.80. The number of benzene rings is 1. The Labute approximate surface area is 131 Å². The van der Waals surface area contributed by atoms with Gasteiger partial charge >= 0.3 is 5.97 Å². The Morgan fingerprint density at radius 2 is 2.05 bits per heavy atom. The van der Waals surface area contributed by atoms with E-state index in [2.05, 4.69) is 12.2 Å². The molecular weight excluding hydrogens is 280 g/mol. The Kier molecular flexibility index (Phi) is 5.55. The number of aryl methyl sites for hydroxylation is 1. The van der Waals surface area contributed by atoms with Crippen molar-refractivity contribution in [3.05, 3.63) is 29.8 Å². The normalized spacial score (nSPS) is 20.4. The molecule has 2 unspecified atom stereocenters. The van der Waals surface area contributed by atoms with Gasteiger partial charge in [-0.15, -0.1) is 0 Å². The smallest absolute Gasteiger partial charge is 0.307 e. The molecule has 1 amide bonds. The van der Waals surface area contributed by atoms with E-state index < -0.39 is 5.97 Å². The number of carboxylic acid groups (broad SMARTS) is 1. The van der Waals surface area contributed by atoms with E-state index in [0.717, 1.165) is 25.1 Å². The number of anilines is 1. The lowest BCUT2D eigenvalue weighted by molar-refractivity contribution is -0.144. The van der Waals surface area contributed by atoms with Crippen molar-refractivity contribution in [1.29, 1.82) is 0 Å². The number of piperidine rings is 1. The Morgan fingerprint density at radius 3 is 2.64 bits per heavy atom. The molecule has 1 aromatic carbocycles. The van der Waals surface area contributed by atoms with Crippen molar-refractivity contribution in [2.45, 2.75) is 39.2 Å². The molecule has 22 heavy (non-hydrogen) atoms. The predicted molar refractivity (Wildman–Crippen MR) is 85.8 cm³/mol. The molecule has 1 aliphatic rings. The van der Waals surface area contributed by atoms with Gasteiger partial charge in [0.05, 0.1) is 12.0 Å². The van der Waals surface area contributed by atoms with E-state index in [-0.39, 0.29) is 17.9 Å². The van der Waals surface area contributed by atoms with Gasteiger partial charge in [-0.25, -0.2) is 0 Å². The van der Waals surface area contributed by atoms with Crippen LogP contribution in [0.4, 0.5) is 5.69 Å². The van der Waals surface area contributed by atoms with E-state index in [1.54, 1.807) is 0 Å². The zero-order chi connectivity index (χ0) is 16.1. The average Bonchev–Trinajstić information content (AvgIpc) is 2.54. The van der Waals surface area contributed by atoms with Gasteiger partial charge < -0.3 is 10.4 Å². The fourth-order valence-electron chi connectivity index (χ4n) is 2.80. The van der Waals surface area contributed by atoms with Crippen LogP contribution in [0.15, 0.2) is 24.3 Å². The Hall–Kier alpha value is -1.88. The largest absolute Gasteiger partial charge is 0.481 e. The van der Waals surface area contributed by atoms with Crippen LogP contribution in [0.5, 0.6) is 0 Å². The van der Waals surface area contributed by atoms with E-state index in [0.29, 0.717) is 13.0 Å². The lowest BCUT2D eigenvalue weighted by Crippen LogP contribution is -2.48. The van der Waals surface area contributed by atoms with Crippen LogP contribution in [-0.2, 0) is 16.0 Å². The first kappa shape index (κ1) is 16.5. The zero-order valence-electron chi connectivity index (χ0n) is 13.2. The molecule has 5 heteroatoms. The third-order valence-electron chi connectivity index (χ3n) is 4.36. The molecule has 2 atom stereocenters. The van der Waals surface area contributed by atoms with Crippen molar-refractivity contribution < 1.29 is 14.7 Å². The summed E-state index contributed by atoms with van der Waals surface area (Å²) in [6.45, 7) is 5.14. The minimum atomic E-state index is -0.771. The fraction of sp³-hybridized carbons (Fsp3) is 0.529. The molecule has 1 aliphatic heterocycles. The van der Waals surface area contributed by atoms with Gasteiger partial charge in [0.2, 0.25) is 5.91 Å². The number of carbonyl (C=O) groups excluding carboxylic acids is 1. The van der Waals surface area contributed by atoms with Gasteiger partial charge in [0.1, 0.15) is 0 Å². The van der Waals surface area contributed by atoms with E-state index in [4.69, 9.17) is 5.11 Å². The maximum atomic E-state index is 12.3. The second-order valence-electron chi connectivity index (χ2n) is 5.89. The molecule has 1 heterocycles. The van der Waals surface area contributed by atoms with Crippen molar-refractivity contribution >= 4 is 17.6 Å². The van der Waals surface area contributed by atoms with Crippen LogP contribution < -0.4 is 5.32 Å². The first-order valence-corrected chi connectivity index (χ1v) is 7.88. The number of carboxylic acids is 1. The molecule has 0 aliphatic carbocycles. The van der Waals surface area contributed by atoms with Crippen LogP contribution in [0.1, 0.15) is 32.3 Å². The van der Waals surface area contributed by atoms with Crippen molar-refractivity contribution in [3.63, 3.8) is 0 Å². The monoisotopic (exact) mass is 304 g/mol. The first-order chi connectivity index (χ1) is 10.5. The predicted octanol–water partition coefficient (Wildman–Crippen LogP) is 2.37. The summed E-state index contributed by atoms with van der Waals surface area (Å²) in [7, 11) is 0. The summed E-state index contributed by atoms with van der Waals surface area (Å²) < 4.78 is 0. The minimum Gasteiger partial charge on any atom is -0.481 e. The van der Waals surface area contributed by atoms with Crippen molar-refractivity contribution in [1.82, 2.24) is 4.90 Å². The topological polar surface area (TPSA) is 69.6 Å². The molecule has 1 fully saturated rings. The van der Waals surface area contributed by atoms with E-state index in [1.165, 1.54) is 5.56 Å².